The molecule has 3 nitrogen and oxygen atoms in total. The minimum Gasteiger partial charge on any atom is -0.292 e. The van der Waals surface area contributed by atoms with E-state index in [4.69, 9.17) is 0 Å². The van der Waals surface area contributed by atoms with E-state index < -0.39 is 5.82 Å². The molecule has 0 bridgehead atoms. The fourth-order valence-electron chi connectivity index (χ4n) is 1.95. The van der Waals surface area contributed by atoms with Crippen molar-refractivity contribution in [2.24, 2.45) is 0 Å². The van der Waals surface area contributed by atoms with Crippen molar-refractivity contribution in [2.45, 2.75) is 6.42 Å². The maximum Gasteiger partial charge on any atom is 0.190 e. The van der Waals surface area contributed by atoms with Crippen molar-refractivity contribution in [3.8, 4) is 11.3 Å². The van der Waals surface area contributed by atoms with Crippen LogP contribution >= 0.6 is 11.3 Å². The summed E-state index contributed by atoms with van der Waals surface area (Å²) in [5, 5.41) is 2.55. The first-order valence-electron chi connectivity index (χ1n) is 6.37. The number of benzene rings is 1. The highest BCUT2D eigenvalue weighted by atomic mass is 32.1. The van der Waals surface area contributed by atoms with Crippen LogP contribution in [-0.2, 0) is 6.42 Å². The molecule has 0 saturated carbocycles. The van der Waals surface area contributed by atoms with Crippen LogP contribution in [0.2, 0.25) is 0 Å². The van der Waals surface area contributed by atoms with Gasteiger partial charge in [0.15, 0.2) is 11.6 Å². The highest BCUT2D eigenvalue weighted by molar-refractivity contribution is 7.10. The zero-order chi connectivity index (χ0) is 14.7. The standard InChI is InChI=1S/C16H11FN2OS/c17-12-7-4-8-18-16(12)14(20)9-15-19-13(10-21-15)11-5-2-1-3-6-11/h1-8,10H,9H2. The Morgan fingerprint density at radius 2 is 1.95 bits per heavy atom. The lowest BCUT2D eigenvalue weighted by molar-refractivity contribution is 0.0984. The van der Waals surface area contributed by atoms with Gasteiger partial charge < -0.3 is 0 Å². The fourth-order valence-corrected chi connectivity index (χ4v) is 2.75. The van der Waals surface area contributed by atoms with Gasteiger partial charge in [-0.1, -0.05) is 30.3 Å². The van der Waals surface area contributed by atoms with Gasteiger partial charge >= 0.3 is 0 Å². The molecule has 3 aromatic rings. The van der Waals surface area contributed by atoms with Crippen LogP contribution in [0.4, 0.5) is 4.39 Å². The van der Waals surface area contributed by atoms with Gasteiger partial charge in [0.05, 0.1) is 12.1 Å². The summed E-state index contributed by atoms with van der Waals surface area (Å²) in [6, 6.07) is 12.4. The Morgan fingerprint density at radius 1 is 1.14 bits per heavy atom. The van der Waals surface area contributed by atoms with Crippen molar-refractivity contribution < 1.29 is 9.18 Å². The van der Waals surface area contributed by atoms with E-state index in [0.29, 0.717) is 5.01 Å². The number of carbonyl (C=O) groups excluding carboxylic acids is 1. The molecule has 0 aliphatic rings. The molecule has 21 heavy (non-hydrogen) atoms. The van der Waals surface area contributed by atoms with E-state index in [1.807, 2.05) is 35.7 Å². The second-order valence-electron chi connectivity index (χ2n) is 4.43. The zero-order valence-electron chi connectivity index (χ0n) is 11.0. The van der Waals surface area contributed by atoms with Crippen LogP contribution in [0.1, 0.15) is 15.5 Å². The minimum atomic E-state index is -0.595. The third-order valence-electron chi connectivity index (χ3n) is 2.96. The molecular formula is C16H11FN2OS. The first kappa shape index (κ1) is 13.6. The van der Waals surface area contributed by atoms with Crippen LogP contribution in [0, 0.1) is 5.82 Å². The Kier molecular flexibility index (Phi) is 3.83. The molecule has 0 unspecified atom stereocenters. The second kappa shape index (κ2) is 5.93. The van der Waals surface area contributed by atoms with Crippen molar-refractivity contribution in [2.75, 3.05) is 0 Å². The quantitative estimate of drug-likeness (QED) is 0.689. The molecule has 0 aliphatic carbocycles. The first-order valence-corrected chi connectivity index (χ1v) is 7.25. The lowest BCUT2D eigenvalue weighted by Gasteiger charge is -1.99. The van der Waals surface area contributed by atoms with Gasteiger partial charge in [0.2, 0.25) is 0 Å². The fraction of sp³-hybridized carbons (Fsp3) is 0.0625. The number of hydrogen-bond donors (Lipinski definition) is 0. The van der Waals surface area contributed by atoms with Crippen LogP contribution in [0.25, 0.3) is 11.3 Å². The molecule has 0 amide bonds. The summed E-state index contributed by atoms with van der Waals surface area (Å²) in [5.41, 5.74) is 1.69. The number of hydrogen-bond acceptors (Lipinski definition) is 4. The number of ketones is 1. The van der Waals surface area contributed by atoms with E-state index in [0.717, 1.165) is 11.3 Å². The van der Waals surface area contributed by atoms with Gasteiger partial charge in [-0.15, -0.1) is 11.3 Å². The average molecular weight is 298 g/mol. The highest BCUT2D eigenvalue weighted by Gasteiger charge is 2.15. The summed E-state index contributed by atoms with van der Waals surface area (Å²) in [4.78, 5) is 20.3. The Morgan fingerprint density at radius 3 is 2.71 bits per heavy atom. The van der Waals surface area contributed by atoms with Gasteiger partial charge in [-0.2, -0.15) is 0 Å². The molecule has 0 radical (unpaired) electrons. The highest BCUT2D eigenvalue weighted by Crippen LogP contribution is 2.22. The maximum absolute atomic E-state index is 13.5. The van der Waals surface area contributed by atoms with Crippen molar-refractivity contribution in [3.63, 3.8) is 0 Å². The van der Waals surface area contributed by atoms with Crippen molar-refractivity contribution in [1.29, 1.82) is 0 Å². The second-order valence-corrected chi connectivity index (χ2v) is 5.37. The number of pyridine rings is 1. The van der Waals surface area contributed by atoms with Crippen molar-refractivity contribution in [1.82, 2.24) is 9.97 Å². The van der Waals surface area contributed by atoms with Gasteiger partial charge in [0.1, 0.15) is 10.7 Å². The van der Waals surface area contributed by atoms with Crippen molar-refractivity contribution in [3.05, 3.63) is 70.6 Å². The molecule has 0 aliphatic heterocycles. The molecule has 0 saturated heterocycles. The topological polar surface area (TPSA) is 42.9 Å². The summed E-state index contributed by atoms with van der Waals surface area (Å²) < 4.78 is 13.5. The largest absolute Gasteiger partial charge is 0.292 e. The number of nitrogens with zero attached hydrogens (tertiary/aromatic N) is 2. The van der Waals surface area contributed by atoms with Crippen molar-refractivity contribution >= 4 is 17.1 Å². The van der Waals surface area contributed by atoms with Crippen LogP contribution in [-0.4, -0.2) is 15.8 Å². The number of aromatic nitrogens is 2. The Bertz CT molecular complexity index is 771. The number of rotatable bonds is 4. The summed E-state index contributed by atoms with van der Waals surface area (Å²) >= 11 is 1.39. The van der Waals surface area contributed by atoms with Gasteiger partial charge in [-0.05, 0) is 12.1 Å². The number of thiazole rings is 1. The van der Waals surface area contributed by atoms with E-state index in [2.05, 4.69) is 9.97 Å². The molecule has 104 valence electrons. The Balaban J connectivity index is 1.79. The Labute approximate surface area is 125 Å². The summed E-state index contributed by atoms with van der Waals surface area (Å²) in [5.74, 6) is -0.954. The lowest BCUT2D eigenvalue weighted by Crippen LogP contribution is -2.08. The van der Waals surface area contributed by atoms with Crippen LogP contribution in [0.15, 0.2) is 54.0 Å². The third-order valence-corrected chi connectivity index (χ3v) is 3.80. The molecule has 2 heterocycles. The molecule has 0 atom stereocenters. The predicted molar refractivity (Wildman–Crippen MR) is 79.8 cm³/mol. The van der Waals surface area contributed by atoms with E-state index in [-0.39, 0.29) is 17.9 Å². The van der Waals surface area contributed by atoms with Gasteiger partial charge in [-0.25, -0.2) is 9.37 Å². The normalized spacial score (nSPS) is 10.5. The smallest absolute Gasteiger partial charge is 0.190 e. The summed E-state index contributed by atoms with van der Waals surface area (Å²) in [6.45, 7) is 0. The SMILES string of the molecule is O=C(Cc1nc(-c2ccccc2)cs1)c1ncccc1F. The predicted octanol–water partition coefficient (Wildman–Crippen LogP) is 3.77. The maximum atomic E-state index is 13.5. The molecule has 1 aromatic carbocycles. The molecule has 2 aromatic heterocycles. The molecular weight excluding hydrogens is 287 g/mol. The minimum absolute atomic E-state index is 0.0609. The van der Waals surface area contributed by atoms with Crippen LogP contribution in [0.3, 0.4) is 0 Å². The number of carbonyl (C=O) groups is 1. The van der Waals surface area contributed by atoms with Crippen LogP contribution in [0.5, 0.6) is 0 Å². The number of halogens is 1. The Hall–Kier alpha value is -2.40. The third kappa shape index (κ3) is 3.03. The average Bonchev–Trinajstić information content (AvgIpc) is 2.97. The number of Topliss-reactive ketones (excluding diaryl/α,β-unsaturated/α-hetero) is 1. The van der Waals surface area contributed by atoms with E-state index >= 15 is 0 Å². The molecule has 0 N–H and O–H groups in total. The summed E-state index contributed by atoms with van der Waals surface area (Å²) in [7, 11) is 0. The van der Waals surface area contributed by atoms with Gasteiger partial charge in [-0.3, -0.25) is 9.78 Å². The molecule has 0 spiro atoms. The monoisotopic (exact) mass is 298 g/mol. The van der Waals surface area contributed by atoms with E-state index in [1.54, 1.807) is 0 Å². The van der Waals surface area contributed by atoms with E-state index in [9.17, 15) is 9.18 Å². The van der Waals surface area contributed by atoms with Crippen LogP contribution < -0.4 is 0 Å². The van der Waals surface area contributed by atoms with Gasteiger partial charge in [0, 0.05) is 17.1 Å². The lowest BCUT2D eigenvalue weighted by atomic mass is 10.2. The molecule has 5 heteroatoms. The van der Waals surface area contributed by atoms with E-state index in [1.165, 1.54) is 29.7 Å². The first-order chi connectivity index (χ1) is 10.2. The van der Waals surface area contributed by atoms with Gasteiger partial charge in [0.25, 0.3) is 0 Å². The summed E-state index contributed by atoms with van der Waals surface area (Å²) in [6.07, 6.45) is 1.47. The zero-order valence-corrected chi connectivity index (χ0v) is 11.8. The molecule has 3 rings (SSSR count). The molecule has 0 fully saturated rings.